The van der Waals surface area contributed by atoms with Crippen LogP contribution in [0.15, 0.2) is 48.5 Å². The summed E-state index contributed by atoms with van der Waals surface area (Å²) in [4.78, 5) is 15.4. The second-order valence-electron chi connectivity index (χ2n) is 5.81. The van der Waals surface area contributed by atoms with Crippen molar-refractivity contribution < 1.29 is 14.3 Å². The molecule has 0 aliphatic heterocycles. The molecule has 0 saturated carbocycles. The van der Waals surface area contributed by atoms with Gasteiger partial charge in [0.05, 0.1) is 7.11 Å². The molecular formula is C20H22N2O3. The van der Waals surface area contributed by atoms with Crippen LogP contribution in [-0.4, -0.2) is 31.2 Å². The van der Waals surface area contributed by atoms with Crippen molar-refractivity contribution in [2.45, 2.75) is 13.3 Å². The van der Waals surface area contributed by atoms with E-state index in [4.69, 9.17) is 9.47 Å². The van der Waals surface area contributed by atoms with Crippen molar-refractivity contribution in [2.24, 2.45) is 0 Å². The Kier molecular flexibility index (Phi) is 5.23. The molecule has 0 fully saturated rings. The molecule has 1 aromatic heterocycles. The van der Waals surface area contributed by atoms with Crippen LogP contribution in [0.4, 0.5) is 0 Å². The molecule has 0 aliphatic rings. The summed E-state index contributed by atoms with van der Waals surface area (Å²) in [7, 11) is 1.58. The minimum Gasteiger partial charge on any atom is -0.493 e. The molecule has 130 valence electrons. The number of aromatic amines is 1. The molecule has 0 bridgehead atoms. The summed E-state index contributed by atoms with van der Waals surface area (Å²) < 4.78 is 10.7. The van der Waals surface area contributed by atoms with Gasteiger partial charge in [-0.2, -0.15) is 0 Å². The molecule has 25 heavy (non-hydrogen) atoms. The zero-order valence-electron chi connectivity index (χ0n) is 14.5. The van der Waals surface area contributed by atoms with Gasteiger partial charge in [-0.1, -0.05) is 30.3 Å². The SMILES string of the molecule is COc1ccccc1OCC(=O)NCCc1c(C)[nH]c2ccccc12. The third-order valence-corrected chi connectivity index (χ3v) is 4.15. The van der Waals surface area contributed by atoms with Crippen molar-refractivity contribution in [1.29, 1.82) is 0 Å². The molecule has 3 aromatic rings. The summed E-state index contributed by atoms with van der Waals surface area (Å²) in [6.45, 7) is 2.59. The summed E-state index contributed by atoms with van der Waals surface area (Å²) in [5.41, 5.74) is 3.50. The van der Waals surface area contributed by atoms with E-state index >= 15 is 0 Å². The number of benzene rings is 2. The highest BCUT2D eigenvalue weighted by Crippen LogP contribution is 2.25. The molecule has 3 rings (SSSR count). The van der Waals surface area contributed by atoms with Crippen molar-refractivity contribution in [1.82, 2.24) is 10.3 Å². The Morgan fingerprint density at radius 1 is 1.08 bits per heavy atom. The number of rotatable bonds is 7. The van der Waals surface area contributed by atoms with Gasteiger partial charge in [-0.25, -0.2) is 0 Å². The zero-order valence-corrected chi connectivity index (χ0v) is 14.5. The van der Waals surface area contributed by atoms with Crippen LogP contribution in [0, 0.1) is 6.92 Å². The van der Waals surface area contributed by atoms with E-state index in [1.165, 1.54) is 10.9 Å². The highest BCUT2D eigenvalue weighted by molar-refractivity contribution is 5.84. The average molecular weight is 338 g/mol. The number of fused-ring (bicyclic) bond motifs is 1. The van der Waals surface area contributed by atoms with Gasteiger partial charge < -0.3 is 19.8 Å². The molecule has 0 saturated heterocycles. The molecule has 5 heteroatoms. The first kappa shape index (κ1) is 16.9. The summed E-state index contributed by atoms with van der Waals surface area (Å²) in [6, 6.07) is 15.5. The molecule has 0 spiro atoms. The summed E-state index contributed by atoms with van der Waals surface area (Å²) in [6.07, 6.45) is 0.774. The number of carbonyl (C=O) groups excluding carboxylic acids is 1. The number of para-hydroxylation sites is 3. The van der Waals surface area contributed by atoms with Gasteiger partial charge in [0.2, 0.25) is 0 Å². The minimum absolute atomic E-state index is 0.0345. The molecule has 5 nitrogen and oxygen atoms in total. The van der Waals surface area contributed by atoms with E-state index in [1.807, 2.05) is 24.3 Å². The third-order valence-electron chi connectivity index (χ3n) is 4.15. The molecule has 1 amide bonds. The Labute approximate surface area is 147 Å². The molecule has 0 unspecified atom stereocenters. The van der Waals surface area contributed by atoms with Crippen LogP contribution in [0.3, 0.4) is 0 Å². The molecular weight excluding hydrogens is 316 g/mol. The van der Waals surface area contributed by atoms with Gasteiger partial charge in [0.15, 0.2) is 18.1 Å². The second-order valence-corrected chi connectivity index (χ2v) is 5.81. The predicted molar refractivity (Wildman–Crippen MR) is 98.2 cm³/mol. The Hall–Kier alpha value is -2.95. The van der Waals surface area contributed by atoms with E-state index in [9.17, 15) is 4.79 Å². The van der Waals surface area contributed by atoms with Crippen LogP contribution in [0.25, 0.3) is 10.9 Å². The monoisotopic (exact) mass is 338 g/mol. The van der Waals surface area contributed by atoms with E-state index < -0.39 is 0 Å². The Balaban J connectivity index is 1.52. The van der Waals surface area contributed by atoms with Crippen molar-refractivity contribution in [2.75, 3.05) is 20.3 Å². The number of nitrogens with one attached hydrogen (secondary N) is 2. The quantitative estimate of drug-likeness (QED) is 0.695. The lowest BCUT2D eigenvalue weighted by Gasteiger charge is -2.10. The van der Waals surface area contributed by atoms with Gasteiger partial charge in [0.1, 0.15) is 0 Å². The van der Waals surface area contributed by atoms with E-state index in [0.29, 0.717) is 18.0 Å². The van der Waals surface area contributed by atoms with Gasteiger partial charge in [0.25, 0.3) is 5.91 Å². The first-order valence-electron chi connectivity index (χ1n) is 8.27. The normalized spacial score (nSPS) is 10.6. The fourth-order valence-corrected chi connectivity index (χ4v) is 2.92. The lowest BCUT2D eigenvalue weighted by Crippen LogP contribution is -2.30. The predicted octanol–water partition coefficient (Wildman–Crippen LogP) is 3.22. The van der Waals surface area contributed by atoms with E-state index in [2.05, 4.69) is 29.4 Å². The first-order chi connectivity index (χ1) is 12.2. The van der Waals surface area contributed by atoms with E-state index in [1.54, 1.807) is 19.2 Å². The highest BCUT2D eigenvalue weighted by Gasteiger charge is 2.09. The largest absolute Gasteiger partial charge is 0.493 e. The molecule has 2 N–H and O–H groups in total. The fraction of sp³-hybridized carbons (Fsp3) is 0.250. The number of H-pyrrole nitrogens is 1. The Morgan fingerprint density at radius 2 is 1.80 bits per heavy atom. The van der Waals surface area contributed by atoms with Crippen molar-refractivity contribution in [3.05, 3.63) is 59.8 Å². The molecule has 2 aromatic carbocycles. The summed E-state index contributed by atoms with van der Waals surface area (Å²) >= 11 is 0. The maximum Gasteiger partial charge on any atom is 0.257 e. The smallest absolute Gasteiger partial charge is 0.257 e. The topological polar surface area (TPSA) is 63.4 Å². The number of aromatic nitrogens is 1. The number of carbonyl (C=O) groups is 1. The van der Waals surface area contributed by atoms with Gasteiger partial charge in [-0.05, 0) is 37.1 Å². The number of ether oxygens (including phenoxy) is 2. The van der Waals surface area contributed by atoms with E-state index in [-0.39, 0.29) is 12.5 Å². The second kappa shape index (κ2) is 7.75. The van der Waals surface area contributed by atoms with Gasteiger partial charge in [-0.15, -0.1) is 0 Å². The number of aryl methyl sites for hydroxylation is 1. The summed E-state index contributed by atoms with van der Waals surface area (Å²) in [5, 5.41) is 4.11. The van der Waals surface area contributed by atoms with Crippen LogP contribution in [0.5, 0.6) is 11.5 Å². The minimum atomic E-state index is -0.150. The van der Waals surface area contributed by atoms with Crippen molar-refractivity contribution >= 4 is 16.8 Å². The molecule has 0 aliphatic carbocycles. The van der Waals surface area contributed by atoms with Crippen LogP contribution in [0.1, 0.15) is 11.3 Å². The Morgan fingerprint density at radius 3 is 2.60 bits per heavy atom. The molecule has 1 heterocycles. The van der Waals surface area contributed by atoms with Crippen LogP contribution < -0.4 is 14.8 Å². The maximum atomic E-state index is 12.0. The lowest BCUT2D eigenvalue weighted by atomic mass is 10.1. The Bertz CT molecular complexity index is 870. The van der Waals surface area contributed by atoms with Crippen LogP contribution in [-0.2, 0) is 11.2 Å². The number of hydrogen-bond donors (Lipinski definition) is 2. The molecule has 0 atom stereocenters. The first-order valence-corrected chi connectivity index (χ1v) is 8.27. The number of hydrogen-bond acceptors (Lipinski definition) is 3. The number of amides is 1. The average Bonchev–Trinajstić information content (AvgIpc) is 2.96. The highest BCUT2D eigenvalue weighted by atomic mass is 16.5. The fourth-order valence-electron chi connectivity index (χ4n) is 2.92. The summed E-state index contributed by atoms with van der Waals surface area (Å²) in [5.74, 6) is 1.03. The van der Waals surface area contributed by atoms with Crippen LogP contribution >= 0.6 is 0 Å². The standard InChI is InChI=1S/C20H22N2O3/c1-14-15(16-7-3-4-8-17(16)22-14)11-12-21-20(23)13-25-19-10-6-5-9-18(19)24-2/h3-10,22H,11-13H2,1-2H3,(H,21,23). The maximum absolute atomic E-state index is 12.0. The van der Waals surface area contributed by atoms with Gasteiger partial charge in [-0.3, -0.25) is 4.79 Å². The van der Waals surface area contributed by atoms with Crippen LogP contribution in [0.2, 0.25) is 0 Å². The van der Waals surface area contributed by atoms with Crippen molar-refractivity contribution in [3.8, 4) is 11.5 Å². The zero-order chi connectivity index (χ0) is 17.6. The van der Waals surface area contributed by atoms with E-state index in [0.717, 1.165) is 17.6 Å². The third kappa shape index (κ3) is 3.94. The lowest BCUT2D eigenvalue weighted by molar-refractivity contribution is -0.123. The van der Waals surface area contributed by atoms with Gasteiger partial charge in [0, 0.05) is 23.1 Å². The van der Waals surface area contributed by atoms with Gasteiger partial charge >= 0.3 is 0 Å². The number of methoxy groups -OCH3 is 1. The van der Waals surface area contributed by atoms with Crippen molar-refractivity contribution in [3.63, 3.8) is 0 Å². The molecule has 0 radical (unpaired) electrons.